The van der Waals surface area contributed by atoms with Gasteiger partial charge in [0.25, 0.3) is 5.91 Å². The lowest BCUT2D eigenvalue weighted by molar-refractivity contribution is -0.160. The Labute approximate surface area is 218 Å². The fourth-order valence-electron chi connectivity index (χ4n) is 6.63. The number of nitrogens with zero attached hydrogens (tertiary/aromatic N) is 2. The molecule has 8 nitrogen and oxygen atoms in total. The first-order valence-electron chi connectivity index (χ1n) is 13.1. The van der Waals surface area contributed by atoms with Gasteiger partial charge in [-0.15, -0.1) is 13.2 Å². The smallest absolute Gasteiger partial charge is 0.312 e. The summed E-state index contributed by atoms with van der Waals surface area (Å²) in [4.78, 5) is 44.8. The first kappa shape index (κ1) is 27.1. The number of aliphatic hydroxyl groups excluding tert-OH is 1. The predicted octanol–water partition coefficient (Wildman–Crippen LogP) is 3.09. The van der Waals surface area contributed by atoms with Gasteiger partial charge in [0.15, 0.2) is 0 Å². The maximum atomic E-state index is 14.4. The number of carbonyl (C=O) groups is 3. The van der Waals surface area contributed by atoms with Crippen molar-refractivity contribution in [2.45, 2.75) is 63.7 Å². The van der Waals surface area contributed by atoms with E-state index < -0.39 is 35.0 Å². The number of β-amino-alcohol motifs (C(OH)–C–C–N with tert-alkyl or cyclic N) is 1. The number of hydrogen-bond donors (Lipinski definition) is 1. The van der Waals surface area contributed by atoms with E-state index in [0.717, 1.165) is 16.8 Å². The molecule has 2 unspecified atom stereocenters. The summed E-state index contributed by atoms with van der Waals surface area (Å²) >= 11 is 0. The van der Waals surface area contributed by atoms with Gasteiger partial charge in [0.1, 0.15) is 17.6 Å². The fourth-order valence-corrected chi connectivity index (χ4v) is 6.63. The molecule has 200 valence electrons. The normalized spacial score (nSPS) is 29.8. The zero-order valence-electron chi connectivity index (χ0n) is 22.1. The van der Waals surface area contributed by atoms with E-state index in [9.17, 15) is 19.5 Å². The molecule has 1 aromatic carbocycles. The van der Waals surface area contributed by atoms with Gasteiger partial charge in [-0.05, 0) is 56.7 Å². The van der Waals surface area contributed by atoms with Crippen molar-refractivity contribution in [3.63, 3.8) is 0 Å². The van der Waals surface area contributed by atoms with Gasteiger partial charge in [-0.25, -0.2) is 0 Å². The molecule has 3 aliphatic heterocycles. The maximum Gasteiger partial charge on any atom is 0.312 e. The van der Waals surface area contributed by atoms with Crippen LogP contribution >= 0.6 is 0 Å². The van der Waals surface area contributed by atoms with Crippen LogP contribution in [-0.2, 0) is 23.9 Å². The number of ether oxygens (including phenoxy) is 2. The number of aryl methyl sites for hydroxylation is 2. The van der Waals surface area contributed by atoms with Crippen LogP contribution in [0.2, 0.25) is 0 Å². The summed E-state index contributed by atoms with van der Waals surface area (Å²) in [6, 6.07) is 4.91. The van der Waals surface area contributed by atoms with E-state index in [0.29, 0.717) is 25.7 Å². The van der Waals surface area contributed by atoms with E-state index in [1.807, 2.05) is 39.0 Å². The number of esters is 1. The summed E-state index contributed by atoms with van der Waals surface area (Å²) < 4.78 is 12.3. The second kappa shape index (κ2) is 10.4. The highest BCUT2D eigenvalue weighted by atomic mass is 16.6. The minimum absolute atomic E-state index is 0.0249. The molecule has 1 N–H and O–H groups in total. The molecule has 0 aliphatic carbocycles. The molecule has 4 rings (SSSR count). The number of amides is 2. The van der Waals surface area contributed by atoms with Crippen LogP contribution in [0.25, 0.3) is 0 Å². The molecule has 1 aromatic rings. The summed E-state index contributed by atoms with van der Waals surface area (Å²) in [7, 11) is 0. The van der Waals surface area contributed by atoms with Gasteiger partial charge < -0.3 is 24.4 Å². The van der Waals surface area contributed by atoms with Crippen LogP contribution in [0.3, 0.4) is 0 Å². The molecule has 37 heavy (non-hydrogen) atoms. The van der Waals surface area contributed by atoms with Gasteiger partial charge in [-0.3, -0.25) is 14.4 Å². The summed E-state index contributed by atoms with van der Waals surface area (Å²) in [5.41, 5.74) is 0.618. The molecule has 2 bridgehead atoms. The molecular formula is C29H38N2O6. The van der Waals surface area contributed by atoms with Gasteiger partial charge in [0, 0.05) is 18.8 Å². The highest BCUT2D eigenvalue weighted by Gasteiger charge is 2.79. The quantitative estimate of drug-likeness (QED) is 0.279. The minimum atomic E-state index is -1.17. The van der Waals surface area contributed by atoms with Crippen molar-refractivity contribution in [3.05, 3.63) is 54.6 Å². The number of benzene rings is 1. The van der Waals surface area contributed by atoms with Gasteiger partial charge >= 0.3 is 5.97 Å². The third kappa shape index (κ3) is 4.20. The van der Waals surface area contributed by atoms with Crippen LogP contribution in [0.5, 0.6) is 0 Å². The lowest BCUT2D eigenvalue weighted by Gasteiger charge is -2.37. The van der Waals surface area contributed by atoms with Crippen LogP contribution in [0.15, 0.2) is 43.5 Å². The maximum absolute atomic E-state index is 14.4. The number of anilines is 1. The molecule has 3 saturated heterocycles. The third-order valence-electron chi connectivity index (χ3n) is 8.31. The number of likely N-dealkylation sites (tertiary alicyclic amines) is 1. The molecule has 3 heterocycles. The van der Waals surface area contributed by atoms with Crippen LogP contribution in [0.1, 0.15) is 43.7 Å². The van der Waals surface area contributed by atoms with Crippen LogP contribution in [0, 0.1) is 25.7 Å². The standard InChI is InChI=1S/C29H38N2O6/c1-6-9-17-36-27(35)23-22-25(33)31(15-16-32)24(29(22)13-12-28(23,8-3)37-29)26(34)30(14-7-2)21-18-19(4)10-11-20(21)5/h6-7,10-11,18,22-24,32H,1-2,8-9,12-17H2,3-5H3/t22-,23+,24?,28-,29?/m0/s1. The molecule has 2 amide bonds. The Morgan fingerprint density at radius 2 is 2.03 bits per heavy atom. The van der Waals surface area contributed by atoms with E-state index in [-0.39, 0.29) is 38.1 Å². The number of rotatable bonds is 11. The summed E-state index contributed by atoms with van der Waals surface area (Å²) in [5, 5.41) is 9.85. The van der Waals surface area contributed by atoms with E-state index in [4.69, 9.17) is 9.47 Å². The van der Waals surface area contributed by atoms with Crippen molar-refractivity contribution >= 4 is 23.5 Å². The van der Waals surface area contributed by atoms with Crippen molar-refractivity contribution in [1.29, 1.82) is 0 Å². The average Bonchev–Trinajstić information content (AvgIpc) is 3.48. The van der Waals surface area contributed by atoms with Crippen LogP contribution < -0.4 is 4.90 Å². The number of aliphatic hydroxyl groups is 1. The average molecular weight is 511 g/mol. The SMILES string of the molecule is C=CCCOC(=O)[C@H]1[C@H]2C(=O)N(CCO)C(C(=O)N(CC=C)c3cc(C)ccc3C)C23CC[C@]1(CC)O3. The Hall–Kier alpha value is -2.97. The fraction of sp³-hybridized carbons (Fsp3) is 0.552. The second-order valence-corrected chi connectivity index (χ2v) is 10.4. The molecule has 3 fully saturated rings. The summed E-state index contributed by atoms with van der Waals surface area (Å²) in [6.07, 6.45) is 5.38. The molecule has 0 saturated carbocycles. The van der Waals surface area contributed by atoms with Crippen molar-refractivity contribution in [3.8, 4) is 0 Å². The number of carbonyl (C=O) groups excluding carboxylic acids is 3. The van der Waals surface area contributed by atoms with Crippen LogP contribution in [0.4, 0.5) is 5.69 Å². The largest absolute Gasteiger partial charge is 0.465 e. The molecule has 0 radical (unpaired) electrons. The van der Waals surface area contributed by atoms with Crippen molar-refractivity contribution in [2.75, 3.05) is 31.2 Å². The zero-order valence-corrected chi connectivity index (χ0v) is 22.1. The van der Waals surface area contributed by atoms with E-state index >= 15 is 0 Å². The van der Waals surface area contributed by atoms with E-state index in [1.54, 1.807) is 17.1 Å². The number of fused-ring (bicyclic) bond motifs is 1. The second-order valence-electron chi connectivity index (χ2n) is 10.4. The Bertz CT molecular complexity index is 1100. The van der Waals surface area contributed by atoms with Crippen molar-refractivity contribution < 1.29 is 29.0 Å². The van der Waals surface area contributed by atoms with E-state index in [2.05, 4.69) is 13.2 Å². The van der Waals surface area contributed by atoms with Crippen LogP contribution in [-0.4, -0.2) is 71.3 Å². The molecule has 3 aliphatic rings. The van der Waals surface area contributed by atoms with Gasteiger partial charge in [0.05, 0.1) is 24.7 Å². The summed E-state index contributed by atoms with van der Waals surface area (Å²) in [6.45, 7) is 13.4. The first-order valence-corrected chi connectivity index (χ1v) is 13.1. The molecule has 1 spiro atoms. The zero-order chi connectivity index (χ0) is 27.0. The molecule has 0 aromatic heterocycles. The minimum Gasteiger partial charge on any atom is -0.465 e. The first-order chi connectivity index (χ1) is 17.7. The predicted molar refractivity (Wildman–Crippen MR) is 140 cm³/mol. The Morgan fingerprint density at radius 3 is 2.68 bits per heavy atom. The van der Waals surface area contributed by atoms with Gasteiger partial charge in [0.2, 0.25) is 5.91 Å². The lowest BCUT2D eigenvalue weighted by Crippen LogP contribution is -2.57. The lowest BCUT2D eigenvalue weighted by atomic mass is 9.65. The van der Waals surface area contributed by atoms with Gasteiger partial charge in [-0.2, -0.15) is 0 Å². The summed E-state index contributed by atoms with van der Waals surface area (Å²) in [5.74, 6) is -2.77. The molecular weight excluding hydrogens is 472 g/mol. The highest BCUT2D eigenvalue weighted by Crippen LogP contribution is 2.64. The molecule has 5 atom stereocenters. The van der Waals surface area contributed by atoms with E-state index in [1.165, 1.54) is 4.90 Å². The monoisotopic (exact) mass is 510 g/mol. The Balaban J connectivity index is 1.79. The van der Waals surface area contributed by atoms with Gasteiger partial charge in [-0.1, -0.05) is 31.2 Å². The molecule has 8 heteroatoms. The topological polar surface area (TPSA) is 96.4 Å². The van der Waals surface area contributed by atoms with Crippen molar-refractivity contribution in [1.82, 2.24) is 4.90 Å². The Morgan fingerprint density at radius 1 is 1.27 bits per heavy atom. The number of hydrogen-bond acceptors (Lipinski definition) is 6. The van der Waals surface area contributed by atoms with Crippen molar-refractivity contribution in [2.24, 2.45) is 11.8 Å². The Kier molecular flexibility index (Phi) is 7.62. The third-order valence-corrected chi connectivity index (χ3v) is 8.31. The highest BCUT2D eigenvalue weighted by molar-refractivity contribution is 6.05.